The highest BCUT2D eigenvalue weighted by Gasteiger charge is 2.12. The number of alkyl halides is 1. The molecule has 0 N–H and O–H groups in total. The van der Waals surface area contributed by atoms with Gasteiger partial charge in [-0.05, 0) is 56.2 Å². The van der Waals surface area contributed by atoms with Gasteiger partial charge < -0.3 is 9.64 Å². The molecule has 3 nitrogen and oxygen atoms in total. The molecule has 0 aromatic heterocycles. The zero-order chi connectivity index (χ0) is 21.0. The molecule has 0 fully saturated rings. The first kappa shape index (κ1) is 27.6. The van der Waals surface area contributed by atoms with Crippen molar-refractivity contribution in [3.05, 3.63) is 11.6 Å². The van der Waals surface area contributed by atoms with Gasteiger partial charge in [0.15, 0.2) is 5.01 Å². The molecule has 0 aliphatic heterocycles. The van der Waals surface area contributed by atoms with E-state index in [0.29, 0.717) is 5.57 Å². The van der Waals surface area contributed by atoms with Gasteiger partial charge >= 0.3 is 5.97 Å². The third kappa shape index (κ3) is 19.0. The minimum Gasteiger partial charge on any atom is -0.447 e. The first-order valence-electron chi connectivity index (χ1n) is 11.6. The Morgan fingerprint density at radius 1 is 0.893 bits per heavy atom. The molecule has 0 radical (unpaired) electrons. The van der Waals surface area contributed by atoms with Crippen LogP contribution < -0.4 is 0 Å². The molecule has 166 valence electrons. The van der Waals surface area contributed by atoms with E-state index in [2.05, 4.69) is 27.8 Å². The van der Waals surface area contributed by atoms with Crippen LogP contribution in [0.5, 0.6) is 0 Å². The maximum Gasteiger partial charge on any atom is 0.334 e. The van der Waals surface area contributed by atoms with Gasteiger partial charge in [0.05, 0.1) is 0 Å². The lowest BCUT2D eigenvalue weighted by molar-refractivity contribution is -0.140. The summed E-state index contributed by atoms with van der Waals surface area (Å²) in [5, 5.41) is -0.162. The average Bonchev–Trinajstić information content (AvgIpc) is 2.65. The number of nitrogens with zero attached hydrogens (tertiary/aromatic N) is 1. The molecule has 0 aliphatic carbocycles. The van der Waals surface area contributed by atoms with Crippen LogP contribution in [0.15, 0.2) is 11.6 Å². The molecule has 0 aliphatic rings. The summed E-state index contributed by atoms with van der Waals surface area (Å²) in [5.74, 6) is -0.199. The van der Waals surface area contributed by atoms with Gasteiger partial charge in [-0.2, -0.15) is 0 Å². The summed E-state index contributed by atoms with van der Waals surface area (Å²) in [6.45, 7) is 5.06. The Morgan fingerprint density at radius 3 is 1.82 bits per heavy atom. The van der Waals surface area contributed by atoms with Crippen molar-refractivity contribution in [3.63, 3.8) is 0 Å². The van der Waals surface area contributed by atoms with E-state index in [1.54, 1.807) is 0 Å². The van der Waals surface area contributed by atoms with Crippen molar-refractivity contribution in [2.45, 2.75) is 115 Å². The Labute approximate surface area is 183 Å². The molecule has 1 atom stereocenters. The number of rotatable bonds is 19. The largest absolute Gasteiger partial charge is 0.447 e. The lowest BCUT2D eigenvalue weighted by Gasteiger charge is -2.12. The molecule has 0 rings (SSSR count). The number of carbonyl (C=O) groups excluding carboxylic acids is 1. The van der Waals surface area contributed by atoms with E-state index in [0.717, 1.165) is 25.8 Å². The zero-order valence-electron chi connectivity index (χ0n) is 19.1. The van der Waals surface area contributed by atoms with Crippen molar-refractivity contribution in [2.24, 2.45) is 0 Å². The summed E-state index contributed by atoms with van der Waals surface area (Å²) < 4.78 is 5.47. The van der Waals surface area contributed by atoms with Crippen molar-refractivity contribution in [1.29, 1.82) is 0 Å². The van der Waals surface area contributed by atoms with Crippen LogP contribution in [-0.2, 0) is 9.53 Å². The van der Waals surface area contributed by atoms with Crippen molar-refractivity contribution >= 4 is 21.9 Å². The van der Waals surface area contributed by atoms with Gasteiger partial charge in [-0.15, -0.1) is 0 Å². The lowest BCUT2D eigenvalue weighted by atomic mass is 10.0. The highest BCUT2D eigenvalue weighted by atomic mass is 79.9. The van der Waals surface area contributed by atoms with Gasteiger partial charge in [-0.25, -0.2) is 4.79 Å². The molecule has 1 unspecified atom stereocenters. The van der Waals surface area contributed by atoms with Gasteiger partial charge in [0.2, 0.25) is 0 Å². The zero-order valence-corrected chi connectivity index (χ0v) is 20.7. The molecule has 0 saturated heterocycles. The second-order valence-corrected chi connectivity index (χ2v) is 9.35. The van der Waals surface area contributed by atoms with Crippen LogP contribution in [0, 0.1) is 0 Å². The van der Waals surface area contributed by atoms with Gasteiger partial charge in [0.1, 0.15) is 0 Å². The number of esters is 1. The number of hydrogen-bond acceptors (Lipinski definition) is 3. The minimum absolute atomic E-state index is 0.162. The summed E-state index contributed by atoms with van der Waals surface area (Å²) >= 11 is 3.49. The topological polar surface area (TPSA) is 29.5 Å². The SMILES string of the molecule is CCCCCCCCCCCCCCCC(Br)OC(=O)C(C)=CCCN(C)C. The Balaban J connectivity index is 3.49. The second-order valence-electron chi connectivity index (χ2n) is 8.33. The van der Waals surface area contributed by atoms with Gasteiger partial charge in [-0.1, -0.05) is 90.0 Å². The van der Waals surface area contributed by atoms with E-state index in [4.69, 9.17) is 4.74 Å². The summed E-state index contributed by atoms with van der Waals surface area (Å²) in [4.78, 5) is 14.1. The smallest absolute Gasteiger partial charge is 0.334 e. The molecule has 4 heteroatoms. The lowest BCUT2D eigenvalue weighted by Crippen LogP contribution is -2.15. The van der Waals surface area contributed by atoms with Gasteiger partial charge in [0.25, 0.3) is 0 Å². The Bertz CT molecular complexity index is 396. The van der Waals surface area contributed by atoms with Crippen molar-refractivity contribution < 1.29 is 9.53 Å². The van der Waals surface area contributed by atoms with E-state index in [1.165, 1.54) is 77.0 Å². The van der Waals surface area contributed by atoms with Crippen LogP contribution in [0.4, 0.5) is 0 Å². The molecular weight excluding hydrogens is 414 g/mol. The molecule has 0 amide bonds. The molecule has 0 aromatic carbocycles. The van der Waals surface area contributed by atoms with E-state index in [1.807, 2.05) is 27.1 Å². The fraction of sp³-hybridized carbons (Fsp3) is 0.875. The highest BCUT2D eigenvalue weighted by molar-refractivity contribution is 9.09. The van der Waals surface area contributed by atoms with Gasteiger partial charge in [-0.3, -0.25) is 0 Å². The molecule has 0 spiro atoms. The van der Waals surface area contributed by atoms with E-state index in [9.17, 15) is 4.79 Å². The normalized spacial score (nSPS) is 13.1. The quantitative estimate of drug-likeness (QED) is 0.0859. The number of hydrogen-bond donors (Lipinski definition) is 0. The summed E-state index contributed by atoms with van der Waals surface area (Å²) in [7, 11) is 4.07. The predicted molar refractivity (Wildman–Crippen MR) is 126 cm³/mol. The fourth-order valence-corrected chi connectivity index (χ4v) is 3.71. The van der Waals surface area contributed by atoms with Crippen molar-refractivity contribution in [3.8, 4) is 0 Å². The Kier molecular flexibility index (Phi) is 19.7. The van der Waals surface area contributed by atoms with Crippen LogP contribution in [0.2, 0.25) is 0 Å². The summed E-state index contributed by atoms with van der Waals surface area (Å²) in [6, 6.07) is 0. The predicted octanol–water partition coefficient (Wildman–Crippen LogP) is 7.63. The third-order valence-electron chi connectivity index (χ3n) is 5.12. The first-order valence-corrected chi connectivity index (χ1v) is 12.6. The molecule has 0 heterocycles. The van der Waals surface area contributed by atoms with Crippen molar-refractivity contribution in [2.75, 3.05) is 20.6 Å². The van der Waals surface area contributed by atoms with Crippen LogP contribution in [0.25, 0.3) is 0 Å². The van der Waals surface area contributed by atoms with Crippen LogP contribution in [0.1, 0.15) is 110 Å². The molecular formula is C24H46BrNO2. The number of ether oxygens (including phenoxy) is 1. The van der Waals surface area contributed by atoms with Crippen LogP contribution >= 0.6 is 15.9 Å². The maximum atomic E-state index is 12.0. The Morgan fingerprint density at radius 2 is 1.36 bits per heavy atom. The second kappa shape index (κ2) is 19.9. The summed E-state index contributed by atoms with van der Waals surface area (Å²) in [6.07, 6.45) is 21.3. The standard InChI is InChI=1S/C24H46BrNO2/c1-5-6-7-8-9-10-11-12-13-14-15-16-17-20-23(25)28-24(27)22(2)19-18-21-26(3)4/h19,23H,5-18,20-21H2,1-4H3. The average molecular weight is 461 g/mol. The molecule has 28 heavy (non-hydrogen) atoms. The monoisotopic (exact) mass is 459 g/mol. The molecule has 0 saturated carbocycles. The number of unbranched alkanes of at least 4 members (excludes halogenated alkanes) is 12. The molecule has 0 bridgehead atoms. The minimum atomic E-state index is -0.199. The van der Waals surface area contributed by atoms with E-state index < -0.39 is 0 Å². The first-order chi connectivity index (χ1) is 13.5. The van der Waals surface area contributed by atoms with E-state index >= 15 is 0 Å². The van der Waals surface area contributed by atoms with Crippen LogP contribution in [0.3, 0.4) is 0 Å². The number of halogens is 1. The third-order valence-corrected chi connectivity index (χ3v) is 5.76. The maximum absolute atomic E-state index is 12.0. The van der Waals surface area contributed by atoms with Crippen LogP contribution in [-0.4, -0.2) is 36.5 Å². The highest BCUT2D eigenvalue weighted by Crippen LogP contribution is 2.17. The van der Waals surface area contributed by atoms with Gasteiger partial charge in [0, 0.05) is 12.1 Å². The van der Waals surface area contributed by atoms with E-state index in [-0.39, 0.29) is 11.0 Å². The Hall–Kier alpha value is -0.350. The number of carbonyl (C=O) groups is 1. The molecule has 0 aromatic rings. The fourth-order valence-electron chi connectivity index (χ4n) is 3.21. The van der Waals surface area contributed by atoms with Crippen molar-refractivity contribution in [1.82, 2.24) is 4.90 Å². The summed E-state index contributed by atoms with van der Waals surface area (Å²) in [5.41, 5.74) is 0.705.